The Morgan fingerprint density at radius 2 is 2.20 bits per heavy atom. The number of rotatable bonds is 3. The summed E-state index contributed by atoms with van der Waals surface area (Å²) in [5.41, 5.74) is 0. The van der Waals surface area contributed by atoms with Crippen molar-refractivity contribution in [3.05, 3.63) is 12.3 Å². The molecule has 15 heavy (non-hydrogen) atoms. The average molecular weight is 233 g/mol. The molecule has 1 heterocycles. The highest BCUT2D eigenvalue weighted by molar-refractivity contribution is 7.91. The van der Waals surface area contributed by atoms with E-state index >= 15 is 0 Å². The van der Waals surface area contributed by atoms with Crippen LogP contribution in [0.3, 0.4) is 0 Å². The van der Waals surface area contributed by atoms with Gasteiger partial charge in [-0.2, -0.15) is 0 Å². The quantitative estimate of drug-likeness (QED) is 0.498. The van der Waals surface area contributed by atoms with E-state index in [0.717, 1.165) is 0 Å². The second-order valence-corrected chi connectivity index (χ2v) is 5.79. The second kappa shape index (κ2) is 4.65. The number of esters is 1. The van der Waals surface area contributed by atoms with Crippen molar-refractivity contribution in [2.24, 2.45) is 0 Å². The lowest BCUT2D eigenvalue weighted by molar-refractivity contribution is -0.134. The van der Waals surface area contributed by atoms with Gasteiger partial charge in [-0.1, -0.05) is 0 Å². The summed E-state index contributed by atoms with van der Waals surface area (Å²) < 4.78 is 26.8. The molecule has 6 heteroatoms. The summed E-state index contributed by atoms with van der Waals surface area (Å²) in [6, 6.07) is -0.0316. The van der Waals surface area contributed by atoms with E-state index in [0.29, 0.717) is 6.42 Å². The first-order chi connectivity index (χ1) is 6.94. The molecule has 0 aromatic rings. The van der Waals surface area contributed by atoms with E-state index < -0.39 is 15.8 Å². The van der Waals surface area contributed by atoms with Gasteiger partial charge in [0.2, 0.25) is 0 Å². The predicted octanol–water partition coefficient (Wildman–Crippen LogP) is -0.208. The van der Waals surface area contributed by atoms with E-state index in [2.05, 4.69) is 4.74 Å². The smallest absolute Gasteiger partial charge is 0.331 e. The molecule has 1 aliphatic rings. The third-order valence-electron chi connectivity index (χ3n) is 2.43. The predicted molar refractivity (Wildman–Crippen MR) is 56.0 cm³/mol. The van der Waals surface area contributed by atoms with Crippen molar-refractivity contribution in [2.45, 2.75) is 12.5 Å². The van der Waals surface area contributed by atoms with Gasteiger partial charge in [-0.05, 0) is 6.42 Å². The molecule has 0 aromatic carbocycles. The van der Waals surface area contributed by atoms with Crippen LogP contribution < -0.4 is 0 Å². The largest absolute Gasteiger partial charge is 0.466 e. The minimum atomic E-state index is -2.88. The molecule has 0 saturated carbocycles. The number of nitrogens with zero attached hydrogens (tertiary/aromatic N) is 1. The van der Waals surface area contributed by atoms with Gasteiger partial charge in [0.15, 0.2) is 9.84 Å². The van der Waals surface area contributed by atoms with Gasteiger partial charge in [0, 0.05) is 25.4 Å². The molecule has 5 nitrogen and oxygen atoms in total. The summed E-state index contributed by atoms with van der Waals surface area (Å²) in [5.74, 6) is -0.0500. The number of ether oxygens (including phenoxy) is 1. The normalized spacial score (nSPS) is 24.3. The van der Waals surface area contributed by atoms with Crippen molar-refractivity contribution in [3.63, 3.8) is 0 Å². The summed E-state index contributed by atoms with van der Waals surface area (Å²) in [7, 11) is 0.177. The number of carbonyl (C=O) groups is 1. The fourth-order valence-electron chi connectivity index (χ4n) is 1.46. The maximum Gasteiger partial charge on any atom is 0.331 e. The summed E-state index contributed by atoms with van der Waals surface area (Å²) in [6.45, 7) is 0. The van der Waals surface area contributed by atoms with Gasteiger partial charge < -0.3 is 9.64 Å². The number of sulfone groups is 1. The number of hydrogen-bond acceptors (Lipinski definition) is 5. The van der Waals surface area contributed by atoms with E-state index in [1.54, 1.807) is 18.1 Å². The Morgan fingerprint density at radius 3 is 2.67 bits per heavy atom. The average Bonchev–Trinajstić information content (AvgIpc) is 2.54. The Balaban J connectivity index is 2.52. The molecule has 86 valence electrons. The molecule has 0 radical (unpaired) electrons. The maximum atomic E-state index is 11.2. The molecule has 1 rings (SSSR count). The molecule has 0 bridgehead atoms. The van der Waals surface area contributed by atoms with Gasteiger partial charge in [-0.15, -0.1) is 0 Å². The molecule has 1 saturated heterocycles. The molecular formula is C9H15NO4S. The van der Waals surface area contributed by atoms with Crippen molar-refractivity contribution in [3.8, 4) is 0 Å². The molecular weight excluding hydrogens is 218 g/mol. The SMILES string of the molecule is COC(=O)C=CN(C)C1CCS(=O)(=O)C1. The van der Waals surface area contributed by atoms with E-state index in [9.17, 15) is 13.2 Å². The molecule has 0 aliphatic carbocycles. The van der Waals surface area contributed by atoms with Crippen molar-refractivity contribution in [1.29, 1.82) is 0 Å². The molecule has 0 aromatic heterocycles. The Kier molecular flexibility index (Phi) is 3.73. The second-order valence-electron chi connectivity index (χ2n) is 3.56. The first-order valence-corrected chi connectivity index (χ1v) is 6.45. The van der Waals surface area contributed by atoms with E-state index in [-0.39, 0.29) is 17.5 Å². The topological polar surface area (TPSA) is 63.7 Å². The van der Waals surface area contributed by atoms with Gasteiger partial charge in [-0.3, -0.25) is 0 Å². The van der Waals surface area contributed by atoms with E-state index in [4.69, 9.17) is 0 Å². The van der Waals surface area contributed by atoms with Gasteiger partial charge in [0.1, 0.15) is 0 Å². The van der Waals surface area contributed by atoms with Crippen LogP contribution in [-0.4, -0.2) is 51.0 Å². The zero-order valence-electron chi connectivity index (χ0n) is 8.84. The summed E-state index contributed by atoms with van der Waals surface area (Å²) in [5, 5.41) is 0. The number of methoxy groups -OCH3 is 1. The van der Waals surface area contributed by atoms with Gasteiger partial charge in [-0.25, -0.2) is 13.2 Å². The maximum absolute atomic E-state index is 11.2. The Morgan fingerprint density at radius 1 is 1.53 bits per heavy atom. The number of hydrogen-bond donors (Lipinski definition) is 0. The van der Waals surface area contributed by atoms with Crippen LogP contribution >= 0.6 is 0 Å². The third kappa shape index (κ3) is 3.54. The van der Waals surface area contributed by atoms with Crippen molar-refractivity contribution < 1.29 is 17.9 Å². The van der Waals surface area contributed by atoms with Crippen LogP contribution in [0, 0.1) is 0 Å². The van der Waals surface area contributed by atoms with Crippen LogP contribution in [0.4, 0.5) is 0 Å². The third-order valence-corrected chi connectivity index (χ3v) is 4.18. The molecule has 0 N–H and O–H groups in total. The van der Waals surface area contributed by atoms with Crippen molar-refractivity contribution >= 4 is 15.8 Å². The van der Waals surface area contributed by atoms with Crippen LogP contribution in [0.2, 0.25) is 0 Å². The molecule has 1 unspecified atom stereocenters. The minimum absolute atomic E-state index is 0.0316. The van der Waals surface area contributed by atoms with Crippen LogP contribution in [0.15, 0.2) is 12.3 Å². The molecule has 0 spiro atoms. The fraction of sp³-hybridized carbons (Fsp3) is 0.667. The summed E-state index contributed by atoms with van der Waals surface area (Å²) >= 11 is 0. The zero-order chi connectivity index (χ0) is 11.5. The molecule has 1 fully saturated rings. The van der Waals surface area contributed by atoms with Crippen LogP contribution in [-0.2, 0) is 19.4 Å². The van der Waals surface area contributed by atoms with Crippen molar-refractivity contribution in [2.75, 3.05) is 25.7 Å². The minimum Gasteiger partial charge on any atom is -0.466 e. The monoisotopic (exact) mass is 233 g/mol. The Labute approximate surface area is 89.6 Å². The Bertz CT molecular complexity index is 360. The highest BCUT2D eigenvalue weighted by Crippen LogP contribution is 2.16. The molecule has 0 amide bonds. The lowest BCUT2D eigenvalue weighted by Gasteiger charge is -2.20. The zero-order valence-corrected chi connectivity index (χ0v) is 9.66. The standard InChI is InChI=1S/C9H15NO4S/c1-10(5-3-9(11)14-2)8-4-6-15(12,13)7-8/h3,5,8H,4,6-7H2,1-2H3. The highest BCUT2D eigenvalue weighted by Gasteiger charge is 2.29. The summed E-state index contributed by atoms with van der Waals surface area (Å²) in [6.07, 6.45) is 3.45. The van der Waals surface area contributed by atoms with Crippen LogP contribution in [0.1, 0.15) is 6.42 Å². The van der Waals surface area contributed by atoms with Gasteiger partial charge in [0.05, 0.1) is 18.6 Å². The fourth-order valence-corrected chi connectivity index (χ4v) is 3.25. The first kappa shape index (κ1) is 12.0. The highest BCUT2D eigenvalue weighted by atomic mass is 32.2. The van der Waals surface area contributed by atoms with Crippen LogP contribution in [0.5, 0.6) is 0 Å². The molecule has 1 aliphatic heterocycles. The lowest BCUT2D eigenvalue weighted by atomic mass is 10.2. The van der Waals surface area contributed by atoms with E-state index in [1.165, 1.54) is 13.2 Å². The Hall–Kier alpha value is -1.04. The van der Waals surface area contributed by atoms with Crippen LogP contribution in [0.25, 0.3) is 0 Å². The first-order valence-electron chi connectivity index (χ1n) is 4.63. The number of carbonyl (C=O) groups excluding carboxylic acids is 1. The van der Waals surface area contributed by atoms with Gasteiger partial charge >= 0.3 is 5.97 Å². The summed E-state index contributed by atoms with van der Waals surface area (Å²) in [4.78, 5) is 12.5. The molecule has 1 atom stereocenters. The van der Waals surface area contributed by atoms with E-state index in [1.807, 2.05) is 0 Å². The van der Waals surface area contributed by atoms with Gasteiger partial charge in [0.25, 0.3) is 0 Å². The van der Waals surface area contributed by atoms with Crippen molar-refractivity contribution in [1.82, 2.24) is 4.90 Å². The lowest BCUT2D eigenvalue weighted by Crippen LogP contribution is -2.28.